The lowest BCUT2D eigenvalue weighted by atomic mass is 10.1. The molecule has 2 aromatic carbocycles. The summed E-state index contributed by atoms with van der Waals surface area (Å²) >= 11 is 1.61. The minimum Gasteiger partial charge on any atom is -0.496 e. The molecule has 0 saturated heterocycles. The van der Waals surface area contributed by atoms with E-state index in [4.69, 9.17) is 11.2 Å². The van der Waals surface area contributed by atoms with Crippen LogP contribution in [0.4, 0.5) is 11.5 Å². The molecule has 0 radical (unpaired) electrons. The number of benzene rings is 2. The van der Waals surface area contributed by atoms with Gasteiger partial charge in [0, 0.05) is 21.7 Å². The van der Waals surface area contributed by atoms with E-state index in [2.05, 4.69) is 27.3 Å². The fraction of sp³-hybridized carbons (Fsp3) is 0.0476. The number of fused-ring (bicyclic) bond motifs is 1. The van der Waals surface area contributed by atoms with Crippen LogP contribution in [0.15, 0.2) is 60.9 Å². The van der Waals surface area contributed by atoms with E-state index >= 15 is 0 Å². The Labute approximate surface area is 155 Å². The summed E-state index contributed by atoms with van der Waals surface area (Å²) in [4.78, 5) is 10.8. The molecule has 2 aromatic heterocycles. The highest BCUT2D eigenvalue weighted by Gasteiger charge is 2.13. The first kappa shape index (κ1) is 16.1. The van der Waals surface area contributed by atoms with Crippen molar-refractivity contribution in [3.63, 3.8) is 0 Å². The van der Waals surface area contributed by atoms with Crippen LogP contribution in [0, 0.1) is 12.3 Å². The van der Waals surface area contributed by atoms with Gasteiger partial charge in [-0.2, -0.15) is 0 Å². The number of hydrogen-bond acceptors (Lipinski definition) is 5. The van der Waals surface area contributed by atoms with Gasteiger partial charge in [-0.25, -0.2) is 9.97 Å². The molecular weight excluding hydrogens is 342 g/mol. The molecular formula is C21H15N3OS. The zero-order valence-electron chi connectivity index (χ0n) is 14.1. The monoisotopic (exact) mass is 357 g/mol. The Bertz CT molecular complexity index is 1130. The number of aromatic nitrogens is 2. The second-order valence-corrected chi connectivity index (χ2v) is 6.63. The van der Waals surface area contributed by atoms with Gasteiger partial charge in [-0.15, -0.1) is 17.8 Å². The van der Waals surface area contributed by atoms with Gasteiger partial charge in [0.25, 0.3) is 0 Å². The van der Waals surface area contributed by atoms with Crippen LogP contribution >= 0.6 is 11.3 Å². The summed E-state index contributed by atoms with van der Waals surface area (Å²) in [5.74, 6) is 4.23. The van der Waals surface area contributed by atoms with Crippen molar-refractivity contribution in [3.05, 3.63) is 66.5 Å². The first-order valence-corrected chi connectivity index (χ1v) is 8.82. The Morgan fingerprint density at radius 2 is 1.96 bits per heavy atom. The summed E-state index contributed by atoms with van der Waals surface area (Å²) in [6, 6.07) is 17.7. The molecule has 0 amide bonds. The number of anilines is 2. The highest BCUT2D eigenvalue weighted by atomic mass is 32.1. The molecule has 0 aliphatic heterocycles. The molecule has 5 heteroatoms. The predicted molar refractivity (Wildman–Crippen MR) is 107 cm³/mol. The van der Waals surface area contributed by atoms with Gasteiger partial charge >= 0.3 is 0 Å². The highest BCUT2D eigenvalue weighted by molar-refractivity contribution is 7.22. The van der Waals surface area contributed by atoms with Crippen molar-refractivity contribution in [2.45, 2.75) is 0 Å². The van der Waals surface area contributed by atoms with Crippen LogP contribution in [-0.2, 0) is 0 Å². The van der Waals surface area contributed by atoms with E-state index in [1.807, 2.05) is 48.5 Å². The Morgan fingerprint density at radius 3 is 2.81 bits per heavy atom. The maximum absolute atomic E-state index is 5.48. The molecule has 1 N–H and O–H groups in total. The van der Waals surface area contributed by atoms with Gasteiger partial charge < -0.3 is 10.1 Å². The molecule has 4 rings (SSSR count). The summed E-state index contributed by atoms with van der Waals surface area (Å²) in [6.07, 6.45) is 7.05. The van der Waals surface area contributed by atoms with Gasteiger partial charge in [-0.1, -0.05) is 24.1 Å². The van der Waals surface area contributed by atoms with Crippen LogP contribution in [0.3, 0.4) is 0 Å². The number of rotatable bonds is 4. The molecule has 0 aliphatic rings. The molecule has 2 heterocycles. The van der Waals surface area contributed by atoms with E-state index in [1.165, 1.54) is 0 Å². The van der Waals surface area contributed by atoms with Gasteiger partial charge in [0.05, 0.1) is 12.5 Å². The van der Waals surface area contributed by atoms with Gasteiger partial charge in [0.1, 0.15) is 22.7 Å². The summed E-state index contributed by atoms with van der Waals surface area (Å²) < 4.78 is 5.48. The lowest BCUT2D eigenvalue weighted by molar-refractivity contribution is 0.416. The third-order valence-corrected chi connectivity index (χ3v) is 5.07. The van der Waals surface area contributed by atoms with E-state index in [0.29, 0.717) is 0 Å². The first-order valence-electron chi connectivity index (χ1n) is 8.00. The number of ether oxygens (including phenoxy) is 1. The Kier molecular flexibility index (Phi) is 4.26. The SMILES string of the molecule is C#Cc1cccc(Nc2ncnc3sc(-c4ccccc4OC)cc23)c1. The zero-order valence-corrected chi connectivity index (χ0v) is 14.9. The Morgan fingerprint density at radius 1 is 1.08 bits per heavy atom. The molecule has 0 fully saturated rings. The average molecular weight is 357 g/mol. The summed E-state index contributed by atoms with van der Waals surface area (Å²) in [6.45, 7) is 0. The van der Waals surface area contributed by atoms with Crippen molar-refractivity contribution >= 4 is 33.1 Å². The number of thiophene rings is 1. The van der Waals surface area contributed by atoms with Gasteiger partial charge in [0.15, 0.2) is 0 Å². The van der Waals surface area contributed by atoms with Gasteiger partial charge in [-0.05, 0) is 36.4 Å². The predicted octanol–water partition coefficient (Wildman–Crippen LogP) is 5.09. The second-order valence-electron chi connectivity index (χ2n) is 5.60. The average Bonchev–Trinajstić information content (AvgIpc) is 3.13. The summed E-state index contributed by atoms with van der Waals surface area (Å²) in [7, 11) is 1.68. The normalized spacial score (nSPS) is 10.5. The number of methoxy groups -OCH3 is 1. The van der Waals surface area contributed by atoms with Crippen LogP contribution < -0.4 is 10.1 Å². The lowest BCUT2D eigenvalue weighted by Gasteiger charge is -2.06. The number of para-hydroxylation sites is 1. The van der Waals surface area contributed by atoms with E-state index in [1.54, 1.807) is 24.8 Å². The van der Waals surface area contributed by atoms with Crippen molar-refractivity contribution in [1.82, 2.24) is 9.97 Å². The quantitative estimate of drug-likeness (QED) is 0.517. The maximum atomic E-state index is 5.48. The van der Waals surface area contributed by atoms with Crippen molar-refractivity contribution in [3.8, 4) is 28.5 Å². The first-order chi connectivity index (χ1) is 12.8. The van der Waals surface area contributed by atoms with Crippen LogP contribution in [-0.4, -0.2) is 17.1 Å². The second kappa shape index (κ2) is 6.87. The summed E-state index contributed by atoms with van der Waals surface area (Å²) in [5.41, 5.74) is 2.75. The molecule has 4 nitrogen and oxygen atoms in total. The van der Waals surface area contributed by atoms with Gasteiger partial charge in [0.2, 0.25) is 0 Å². The molecule has 0 spiro atoms. The van der Waals surface area contributed by atoms with Crippen LogP contribution in [0.5, 0.6) is 5.75 Å². The Balaban J connectivity index is 1.78. The van der Waals surface area contributed by atoms with Crippen molar-refractivity contribution in [1.29, 1.82) is 0 Å². The van der Waals surface area contributed by atoms with E-state index in [-0.39, 0.29) is 0 Å². The lowest BCUT2D eigenvalue weighted by Crippen LogP contribution is -1.94. The fourth-order valence-corrected chi connectivity index (χ4v) is 3.79. The number of nitrogens with zero attached hydrogens (tertiary/aromatic N) is 2. The van der Waals surface area contributed by atoms with E-state index in [9.17, 15) is 0 Å². The van der Waals surface area contributed by atoms with Crippen molar-refractivity contribution in [2.75, 3.05) is 12.4 Å². The number of terminal acetylenes is 1. The zero-order chi connectivity index (χ0) is 17.9. The highest BCUT2D eigenvalue weighted by Crippen LogP contribution is 2.39. The van der Waals surface area contributed by atoms with Gasteiger partial charge in [-0.3, -0.25) is 0 Å². The minimum atomic E-state index is 0.751. The standard InChI is InChI=1S/C21H15N3OS/c1-3-14-7-6-8-15(11-14)24-20-17-12-19(26-21(17)23-13-22-20)16-9-4-5-10-18(16)25-2/h1,4-13H,2H3,(H,22,23,24). The van der Waals surface area contributed by atoms with Crippen molar-refractivity contribution < 1.29 is 4.74 Å². The summed E-state index contributed by atoms with van der Waals surface area (Å²) in [5, 5.41) is 4.31. The van der Waals surface area contributed by atoms with Crippen LogP contribution in [0.1, 0.15) is 5.56 Å². The topological polar surface area (TPSA) is 47.0 Å². The van der Waals surface area contributed by atoms with Crippen molar-refractivity contribution in [2.24, 2.45) is 0 Å². The number of nitrogens with one attached hydrogen (secondary N) is 1. The maximum Gasteiger partial charge on any atom is 0.142 e. The molecule has 0 bridgehead atoms. The molecule has 0 unspecified atom stereocenters. The molecule has 0 atom stereocenters. The third kappa shape index (κ3) is 2.99. The molecule has 0 saturated carbocycles. The Hall–Kier alpha value is -3.36. The largest absolute Gasteiger partial charge is 0.496 e. The van der Waals surface area contributed by atoms with E-state index in [0.717, 1.165) is 43.5 Å². The molecule has 0 aliphatic carbocycles. The molecule has 4 aromatic rings. The third-order valence-electron chi connectivity index (χ3n) is 3.99. The molecule has 26 heavy (non-hydrogen) atoms. The fourth-order valence-electron chi connectivity index (χ4n) is 2.76. The minimum absolute atomic E-state index is 0.751. The van der Waals surface area contributed by atoms with Crippen LogP contribution in [0.2, 0.25) is 0 Å². The van der Waals surface area contributed by atoms with E-state index < -0.39 is 0 Å². The molecule has 126 valence electrons. The smallest absolute Gasteiger partial charge is 0.142 e. The number of hydrogen-bond donors (Lipinski definition) is 1. The van der Waals surface area contributed by atoms with Crippen LogP contribution in [0.25, 0.3) is 20.7 Å².